The summed E-state index contributed by atoms with van der Waals surface area (Å²) in [5, 5.41) is 9.16. The van der Waals surface area contributed by atoms with E-state index in [0.717, 1.165) is 0 Å². The first kappa shape index (κ1) is 14.4. The minimum absolute atomic E-state index is 0.0297. The van der Waals surface area contributed by atoms with Gasteiger partial charge in [-0.3, -0.25) is 9.69 Å². The average molecular weight is 287 g/mol. The fourth-order valence-corrected chi connectivity index (χ4v) is 3.49. The van der Waals surface area contributed by atoms with Crippen molar-refractivity contribution >= 4 is 23.6 Å². The topological polar surface area (TPSA) is 76.1 Å². The molecule has 2 rings (SSSR count). The zero-order valence-electron chi connectivity index (χ0n) is 10.9. The molecule has 1 N–H and O–H groups in total. The van der Waals surface area contributed by atoms with Crippen molar-refractivity contribution in [1.82, 2.24) is 4.90 Å². The van der Waals surface area contributed by atoms with E-state index in [0.29, 0.717) is 31.0 Å². The fraction of sp³-hybridized carbons (Fsp3) is 0.667. The SMILES string of the molecule is CCOC(C)OCCC1=C(C(=O)O)N2C(=O)CC2S1. The molecule has 2 heterocycles. The quantitative estimate of drug-likeness (QED) is 0.563. The van der Waals surface area contributed by atoms with E-state index in [1.54, 1.807) is 6.92 Å². The summed E-state index contributed by atoms with van der Waals surface area (Å²) in [6, 6.07) is 0. The van der Waals surface area contributed by atoms with Crippen LogP contribution in [0.4, 0.5) is 0 Å². The number of nitrogens with zero attached hydrogens (tertiary/aromatic N) is 1. The monoisotopic (exact) mass is 287 g/mol. The molecule has 0 spiro atoms. The third-order valence-electron chi connectivity index (χ3n) is 2.97. The van der Waals surface area contributed by atoms with Crippen LogP contribution in [-0.4, -0.2) is 46.8 Å². The molecule has 1 saturated heterocycles. The Hall–Kier alpha value is -1.05. The maximum atomic E-state index is 11.4. The van der Waals surface area contributed by atoms with Gasteiger partial charge in [-0.1, -0.05) is 0 Å². The van der Waals surface area contributed by atoms with Gasteiger partial charge >= 0.3 is 5.97 Å². The molecule has 0 aromatic heterocycles. The molecule has 7 heteroatoms. The van der Waals surface area contributed by atoms with E-state index in [1.807, 2.05) is 6.92 Å². The smallest absolute Gasteiger partial charge is 0.353 e. The average Bonchev–Trinajstić information content (AvgIpc) is 2.62. The summed E-state index contributed by atoms with van der Waals surface area (Å²) >= 11 is 1.45. The lowest BCUT2D eigenvalue weighted by Gasteiger charge is -2.33. The summed E-state index contributed by atoms with van der Waals surface area (Å²) in [4.78, 5) is 24.7. The van der Waals surface area contributed by atoms with Gasteiger partial charge in [-0.15, -0.1) is 11.8 Å². The highest BCUT2D eigenvalue weighted by atomic mass is 32.2. The third kappa shape index (κ3) is 2.93. The minimum Gasteiger partial charge on any atom is -0.477 e. The van der Waals surface area contributed by atoms with Crippen LogP contribution in [0.5, 0.6) is 0 Å². The first-order valence-corrected chi connectivity index (χ1v) is 7.11. The summed E-state index contributed by atoms with van der Waals surface area (Å²) in [5.41, 5.74) is 0.124. The second kappa shape index (κ2) is 5.94. The second-order valence-electron chi connectivity index (χ2n) is 4.26. The number of rotatable bonds is 7. The van der Waals surface area contributed by atoms with Crippen molar-refractivity contribution in [3.8, 4) is 0 Å². The number of carboxylic acid groups (broad SMARTS) is 1. The lowest BCUT2D eigenvalue weighted by Crippen LogP contribution is -2.48. The number of aliphatic carboxylic acids is 1. The number of ether oxygens (including phenoxy) is 2. The Kier molecular flexibility index (Phi) is 4.49. The van der Waals surface area contributed by atoms with E-state index in [4.69, 9.17) is 9.47 Å². The van der Waals surface area contributed by atoms with E-state index in [2.05, 4.69) is 0 Å². The van der Waals surface area contributed by atoms with Gasteiger partial charge in [-0.2, -0.15) is 0 Å². The molecule has 19 heavy (non-hydrogen) atoms. The largest absolute Gasteiger partial charge is 0.477 e. The van der Waals surface area contributed by atoms with Crippen molar-refractivity contribution in [1.29, 1.82) is 0 Å². The molecule has 0 bridgehead atoms. The molecule has 1 amide bonds. The van der Waals surface area contributed by atoms with Crippen molar-refractivity contribution < 1.29 is 24.2 Å². The van der Waals surface area contributed by atoms with Gasteiger partial charge in [0.2, 0.25) is 5.91 Å². The summed E-state index contributed by atoms with van der Waals surface area (Å²) in [5.74, 6) is -1.16. The van der Waals surface area contributed by atoms with Crippen molar-refractivity contribution in [2.24, 2.45) is 0 Å². The molecule has 2 atom stereocenters. The molecule has 2 aliphatic rings. The number of amides is 1. The number of carboxylic acids is 1. The normalized spacial score (nSPS) is 23.4. The number of fused-ring (bicyclic) bond motifs is 1. The van der Waals surface area contributed by atoms with E-state index in [1.165, 1.54) is 16.7 Å². The van der Waals surface area contributed by atoms with E-state index >= 15 is 0 Å². The molecular formula is C12H17NO5S. The number of carbonyl (C=O) groups is 2. The molecule has 0 saturated carbocycles. The van der Waals surface area contributed by atoms with Crippen molar-refractivity contribution in [3.63, 3.8) is 0 Å². The number of thioether (sulfide) groups is 1. The van der Waals surface area contributed by atoms with E-state index < -0.39 is 5.97 Å². The predicted octanol–water partition coefficient (Wildman–Crippen LogP) is 1.38. The molecule has 1 fully saturated rings. The molecule has 106 valence electrons. The van der Waals surface area contributed by atoms with Gasteiger partial charge in [0.15, 0.2) is 6.29 Å². The predicted molar refractivity (Wildman–Crippen MR) is 69.2 cm³/mol. The molecule has 2 aliphatic heterocycles. The fourth-order valence-electron chi connectivity index (χ4n) is 2.10. The van der Waals surface area contributed by atoms with Gasteiger partial charge < -0.3 is 14.6 Å². The standard InChI is InChI=1S/C12H17NO5S/c1-3-17-7(2)18-5-4-8-11(12(15)16)13-9(14)6-10(13)19-8/h7,10H,3-6H2,1-2H3,(H,15,16). The van der Waals surface area contributed by atoms with Crippen LogP contribution < -0.4 is 0 Å². The molecule has 0 radical (unpaired) electrons. The lowest BCUT2D eigenvalue weighted by atomic mass is 10.1. The van der Waals surface area contributed by atoms with E-state index in [-0.39, 0.29) is 23.3 Å². The first-order chi connectivity index (χ1) is 9.04. The molecule has 6 nitrogen and oxygen atoms in total. The van der Waals surface area contributed by atoms with Crippen LogP contribution in [0, 0.1) is 0 Å². The second-order valence-corrected chi connectivity index (χ2v) is 5.53. The van der Waals surface area contributed by atoms with Gasteiger partial charge in [0.1, 0.15) is 5.70 Å². The number of hydrogen-bond donors (Lipinski definition) is 1. The van der Waals surface area contributed by atoms with Crippen LogP contribution >= 0.6 is 11.8 Å². The van der Waals surface area contributed by atoms with Crippen LogP contribution in [0.3, 0.4) is 0 Å². The van der Waals surface area contributed by atoms with Gasteiger partial charge in [0, 0.05) is 17.9 Å². The zero-order valence-corrected chi connectivity index (χ0v) is 11.7. The van der Waals surface area contributed by atoms with Crippen molar-refractivity contribution in [3.05, 3.63) is 10.6 Å². The van der Waals surface area contributed by atoms with Gasteiger partial charge in [0.05, 0.1) is 18.4 Å². The minimum atomic E-state index is -1.05. The first-order valence-electron chi connectivity index (χ1n) is 6.23. The molecule has 2 unspecified atom stereocenters. The molecule has 0 aromatic rings. The van der Waals surface area contributed by atoms with Crippen molar-refractivity contribution in [2.45, 2.75) is 38.4 Å². The Morgan fingerprint density at radius 2 is 2.32 bits per heavy atom. The highest BCUT2D eigenvalue weighted by Crippen LogP contribution is 2.47. The molecule has 0 aliphatic carbocycles. The molecular weight excluding hydrogens is 270 g/mol. The van der Waals surface area contributed by atoms with Gasteiger partial charge in [-0.25, -0.2) is 4.79 Å². The summed E-state index contributed by atoms with van der Waals surface area (Å²) in [7, 11) is 0. The Morgan fingerprint density at radius 1 is 1.58 bits per heavy atom. The van der Waals surface area contributed by atoms with Gasteiger partial charge in [-0.05, 0) is 13.8 Å². The zero-order chi connectivity index (χ0) is 14.0. The van der Waals surface area contributed by atoms with Crippen molar-refractivity contribution in [2.75, 3.05) is 13.2 Å². The Morgan fingerprint density at radius 3 is 2.89 bits per heavy atom. The maximum Gasteiger partial charge on any atom is 0.353 e. The van der Waals surface area contributed by atoms with Crippen LogP contribution in [0.25, 0.3) is 0 Å². The number of β-lactam (4-membered cyclic amide) rings is 1. The molecule has 0 aromatic carbocycles. The number of carbonyl (C=O) groups excluding carboxylic acids is 1. The highest BCUT2D eigenvalue weighted by molar-refractivity contribution is 8.04. The van der Waals surface area contributed by atoms with Crippen LogP contribution in [0.1, 0.15) is 26.7 Å². The Labute approximate surface area is 115 Å². The van der Waals surface area contributed by atoms with E-state index in [9.17, 15) is 14.7 Å². The summed E-state index contributed by atoms with van der Waals surface area (Å²) < 4.78 is 10.7. The maximum absolute atomic E-state index is 11.4. The number of hydrogen-bond acceptors (Lipinski definition) is 5. The third-order valence-corrected chi connectivity index (χ3v) is 4.31. The highest BCUT2D eigenvalue weighted by Gasteiger charge is 2.48. The lowest BCUT2D eigenvalue weighted by molar-refractivity contribution is -0.145. The van der Waals surface area contributed by atoms with Crippen LogP contribution in [0.2, 0.25) is 0 Å². The summed E-state index contributed by atoms with van der Waals surface area (Å²) in [6.07, 6.45) is 0.606. The van der Waals surface area contributed by atoms with Crippen LogP contribution in [0.15, 0.2) is 10.6 Å². The Balaban J connectivity index is 1.92. The Bertz CT molecular complexity index is 422. The van der Waals surface area contributed by atoms with Gasteiger partial charge in [0.25, 0.3) is 0 Å². The van der Waals surface area contributed by atoms with Crippen LogP contribution in [-0.2, 0) is 19.1 Å². The summed E-state index contributed by atoms with van der Waals surface area (Å²) in [6.45, 7) is 4.64.